The number of benzene rings is 2. The highest BCUT2D eigenvalue weighted by molar-refractivity contribution is 7.15. The molecule has 0 unspecified atom stereocenters. The van der Waals surface area contributed by atoms with Gasteiger partial charge in [0.25, 0.3) is 0 Å². The van der Waals surface area contributed by atoms with E-state index < -0.39 is 85.0 Å². The zero-order valence-corrected chi connectivity index (χ0v) is 28.5. The number of carbonyl (C=O) groups is 5. The molecule has 11 nitrogen and oxygen atoms in total. The van der Waals surface area contributed by atoms with Crippen LogP contribution in [0.5, 0.6) is 0 Å². The van der Waals surface area contributed by atoms with E-state index in [2.05, 4.69) is 0 Å². The molecule has 2 aromatic carbocycles. The second-order valence-corrected chi connectivity index (χ2v) is 13.5. The maximum absolute atomic E-state index is 14.3. The summed E-state index contributed by atoms with van der Waals surface area (Å²) in [4.78, 5) is 64.2. The third-order valence-electron chi connectivity index (χ3n) is 8.45. The van der Waals surface area contributed by atoms with Gasteiger partial charge >= 0.3 is 23.9 Å². The number of ketones is 1. The van der Waals surface area contributed by atoms with Crippen LogP contribution in [0.1, 0.15) is 72.3 Å². The molecule has 0 aliphatic rings. The van der Waals surface area contributed by atoms with Crippen molar-refractivity contribution < 1.29 is 58.3 Å². The van der Waals surface area contributed by atoms with Crippen molar-refractivity contribution in [3.63, 3.8) is 0 Å². The first-order valence-electron chi connectivity index (χ1n) is 15.6. The summed E-state index contributed by atoms with van der Waals surface area (Å²) in [7, 11) is 1.32. The Morgan fingerprint density at radius 2 is 1.43 bits per heavy atom. The van der Waals surface area contributed by atoms with Crippen LogP contribution in [0, 0.1) is 30.5 Å². The molecule has 0 aliphatic carbocycles. The number of Topliss-reactive ketones (excluding diaryl/α,β-unsaturated/α-hetero) is 1. The Balaban J connectivity index is 2.06. The fourth-order valence-electron chi connectivity index (χ4n) is 5.88. The zero-order valence-electron chi connectivity index (χ0n) is 27.7. The van der Waals surface area contributed by atoms with E-state index in [-0.39, 0.29) is 17.8 Å². The van der Waals surface area contributed by atoms with Crippen molar-refractivity contribution >= 4 is 41.0 Å². The van der Waals surface area contributed by atoms with Crippen LogP contribution >= 0.6 is 11.3 Å². The van der Waals surface area contributed by atoms with Gasteiger partial charge in [-0.3, -0.25) is 24.0 Å². The van der Waals surface area contributed by atoms with Gasteiger partial charge in [0.1, 0.15) is 5.82 Å². The third-order valence-corrected chi connectivity index (χ3v) is 9.59. The lowest BCUT2D eigenvalue weighted by Gasteiger charge is -2.39. The first-order valence-corrected chi connectivity index (χ1v) is 16.4. The molecule has 0 radical (unpaired) electrons. The minimum absolute atomic E-state index is 0.117. The van der Waals surface area contributed by atoms with E-state index >= 15 is 0 Å². The number of rotatable bonds is 20. The van der Waals surface area contributed by atoms with Crippen molar-refractivity contribution in [3.05, 3.63) is 82.0 Å². The second kappa shape index (κ2) is 17.3. The number of aliphatic carboxylic acids is 4. The first kappa shape index (κ1) is 39.0. The molecule has 0 bridgehead atoms. The molecule has 0 saturated heterocycles. The molecule has 3 rings (SSSR count). The summed E-state index contributed by atoms with van der Waals surface area (Å²) in [6.07, 6.45) is -3.83. The van der Waals surface area contributed by atoms with Crippen LogP contribution in [0.2, 0.25) is 0 Å². The molecule has 264 valence electrons. The van der Waals surface area contributed by atoms with E-state index in [1.807, 2.05) is 19.1 Å². The average molecular weight is 701 g/mol. The van der Waals surface area contributed by atoms with Crippen molar-refractivity contribution in [2.45, 2.75) is 71.2 Å². The van der Waals surface area contributed by atoms with Crippen molar-refractivity contribution in [1.29, 1.82) is 0 Å². The van der Waals surface area contributed by atoms with E-state index in [0.29, 0.717) is 6.42 Å². The Bertz CT molecular complexity index is 1650. The number of carboxylic acids is 4. The van der Waals surface area contributed by atoms with Crippen LogP contribution in [-0.2, 0) is 35.1 Å². The normalized spacial score (nSPS) is 14.1. The molecule has 0 spiro atoms. The van der Waals surface area contributed by atoms with Crippen LogP contribution < -0.4 is 0 Å². The lowest BCUT2D eigenvalue weighted by Crippen LogP contribution is -2.44. The van der Waals surface area contributed by atoms with Gasteiger partial charge in [0, 0.05) is 47.6 Å². The Labute approximate surface area is 287 Å². The highest BCUT2D eigenvalue weighted by Gasteiger charge is 2.43. The molecule has 1 heterocycles. The maximum Gasteiger partial charge on any atom is 0.304 e. The predicted molar refractivity (Wildman–Crippen MR) is 178 cm³/mol. The number of hydrogen-bond donors (Lipinski definition) is 4. The van der Waals surface area contributed by atoms with Crippen LogP contribution in [0.25, 0.3) is 10.4 Å². The summed E-state index contributed by atoms with van der Waals surface area (Å²) < 4.78 is 24.8. The van der Waals surface area contributed by atoms with E-state index in [1.165, 1.54) is 50.5 Å². The quantitative estimate of drug-likeness (QED) is 0.0741. The number of ether oxygens (including phenoxy) is 2. The molecule has 0 amide bonds. The topological polar surface area (TPSA) is 185 Å². The monoisotopic (exact) mass is 700 g/mol. The van der Waals surface area contributed by atoms with Crippen molar-refractivity contribution in [2.24, 2.45) is 17.8 Å². The van der Waals surface area contributed by atoms with E-state index in [1.54, 1.807) is 24.3 Å². The van der Waals surface area contributed by atoms with Gasteiger partial charge in [-0.05, 0) is 86.1 Å². The number of carbonyl (C=O) groups excluding carboxylic acids is 1. The van der Waals surface area contributed by atoms with Gasteiger partial charge in [-0.25, -0.2) is 4.39 Å². The molecule has 0 saturated carbocycles. The fraction of sp³-hybridized carbons (Fsp3) is 0.417. The summed E-state index contributed by atoms with van der Waals surface area (Å²) in [5, 5.41) is 39.2. The molecule has 3 aromatic rings. The summed E-state index contributed by atoms with van der Waals surface area (Å²) in [5.74, 6) is -11.9. The molecule has 49 heavy (non-hydrogen) atoms. The molecule has 4 N–H and O–H groups in total. The Kier molecular flexibility index (Phi) is 13.7. The minimum atomic E-state index is -1.50. The SMILES string of the molecule is COC(C)(C)O[C@H](CCC(=O)O)[C@H](CC(=O)O)[C@H](CC(=O)O)[C@@H](CC(=O)O)C(=O)c1ccc(C)c(Cc2ccc(-c3ccc(F)cc3)s2)c1. The van der Waals surface area contributed by atoms with Gasteiger partial charge in [0.15, 0.2) is 11.6 Å². The number of halogens is 1. The highest BCUT2D eigenvalue weighted by Crippen LogP contribution is 2.39. The molecule has 13 heteroatoms. The number of hydrogen-bond acceptors (Lipinski definition) is 8. The maximum atomic E-state index is 14.3. The van der Waals surface area contributed by atoms with Crippen LogP contribution in [0.3, 0.4) is 0 Å². The lowest BCUT2D eigenvalue weighted by atomic mass is 9.70. The zero-order chi connectivity index (χ0) is 36.5. The van der Waals surface area contributed by atoms with Crippen molar-refractivity contribution in [2.75, 3.05) is 7.11 Å². The van der Waals surface area contributed by atoms with Crippen molar-refractivity contribution in [3.8, 4) is 10.4 Å². The van der Waals surface area contributed by atoms with Crippen LogP contribution in [-0.4, -0.2) is 69.1 Å². The summed E-state index contributed by atoms with van der Waals surface area (Å²) in [6.45, 7) is 4.87. The molecule has 1 aromatic heterocycles. The summed E-state index contributed by atoms with van der Waals surface area (Å²) >= 11 is 1.49. The van der Waals surface area contributed by atoms with E-state index in [0.717, 1.165) is 26.4 Å². The van der Waals surface area contributed by atoms with Gasteiger partial charge < -0.3 is 29.9 Å². The Morgan fingerprint density at radius 1 is 0.816 bits per heavy atom. The number of thiophene rings is 1. The van der Waals surface area contributed by atoms with E-state index in [4.69, 9.17) is 9.47 Å². The standard InChI is InChI=1S/C36H41FO11S/c1-20-5-6-22(15-23(20)16-25-11-13-30(49-25)21-7-9-24(37)10-8-21)35(46)28(19-34(44)45)26(17-32(40)41)27(18-33(42)43)29(12-14-31(38)39)48-36(2,3)47-4/h5-11,13,15,26-29H,12,14,16-19H2,1-4H3,(H,38,39)(H,40,41)(H,42,43)(H,44,45)/t26-,27+,28+,29+/m0/s1. The highest BCUT2D eigenvalue weighted by atomic mass is 32.1. The largest absolute Gasteiger partial charge is 0.481 e. The second-order valence-electron chi connectivity index (χ2n) is 12.4. The van der Waals surface area contributed by atoms with Crippen molar-refractivity contribution in [1.82, 2.24) is 0 Å². The molecular weight excluding hydrogens is 659 g/mol. The van der Waals surface area contributed by atoms with E-state index in [9.17, 15) is 48.8 Å². The van der Waals surface area contributed by atoms with Crippen LogP contribution in [0.4, 0.5) is 4.39 Å². The Morgan fingerprint density at radius 3 is 2.00 bits per heavy atom. The van der Waals surface area contributed by atoms with Gasteiger partial charge in [-0.1, -0.05) is 24.3 Å². The average Bonchev–Trinajstić information content (AvgIpc) is 3.49. The summed E-state index contributed by atoms with van der Waals surface area (Å²) in [6, 6.07) is 14.8. The molecular formula is C36H41FO11S. The molecule has 0 aliphatic heterocycles. The minimum Gasteiger partial charge on any atom is -0.481 e. The first-order chi connectivity index (χ1) is 23.0. The predicted octanol–water partition coefficient (Wildman–Crippen LogP) is 6.54. The number of carboxylic acid groups (broad SMARTS) is 4. The molecule has 0 fully saturated rings. The van der Waals surface area contributed by atoms with Gasteiger partial charge in [0.05, 0.1) is 18.9 Å². The smallest absolute Gasteiger partial charge is 0.304 e. The Hall–Kier alpha value is -4.46. The van der Waals surface area contributed by atoms with Gasteiger partial charge in [-0.15, -0.1) is 11.3 Å². The third kappa shape index (κ3) is 11.6. The number of methoxy groups -OCH3 is 1. The number of aryl methyl sites for hydroxylation is 1. The summed E-state index contributed by atoms with van der Waals surface area (Å²) in [5.41, 5.74) is 2.56. The van der Waals surface area contributed by atoms with Gasteiger partial charge in [0.2, 0.25) is 0 Å². The fourth-order valence-corrected chi connectivity index (χ4v) is 6.91. The van der Waals surface area contributed by atoms with Crippen LogP contribution in [0.15, 0.2) is 54.6 Å². The lowest BCUT2D eigenvalue weighted by molar-refractivity contribution is -0.240. The molecule has 4 atom stereocenters. The van der Waals surface area contributed by atoms with Gasteiger partial charge in [-0.2, -0.15) is 0 Å².